The molecule has 1 aromatic carbocycles. The summed E-state index contributed by atoms with van der Waals surface area (Å²) in [6, 6.07) is 4.94. The number of anilines is 1. The number of benzene rings is 1. The predicted octanol–water partition coefficient (Wildman–Crippen LogP) is 2.79. The molecule has 0 atom stereocenters. The molecule has 2 aromatic rings. The summed E-state index contributed by atoms with van der Waals surface area (Å²) in [5.41, 5.74) is 7.21. The van der Waals surface area contributed by atoms with Gasteiger partial charge in [0.05, 0.1) is 13.1 Å². The molecule has 1 aromatic heterocycles. The maximum atomic E-state index is 12.3. The van der Waals surface area contributed by atoms with E-state index in [1.165, 1.54) is 4.90 Å². The van der Waals surface area contributed by atoms with Gasteiger partial charge in [-0.1, -0.05) is 6.92 Å². The van der Waals surface area contributed by atoms with Gasteiger partial charge >= 0.3 is 6.18 Å². The predicted molar refractivity (Wildman–Crippen MR) is 65.4 cm³/mol. The number of hydrogen-bond donors (Lipinski definition) is 1. The van der Waals surface area contributed by atoms with Gasteiger partial charge < -0.3 is 10.2 Å². The molecular formula is C12H14F3N3O. The van der Waals surface area contributed by atoms with E-state index < -0.39 is 12.7 Å². The lowest BCUT2D eigenvalue weighted by Gasteiger charge is -2.19. The summed E-state index contributed by atoms with van der Waals surface area (Å²) in [5.74, 6) is 0.256. The molecule has 0 radical (unpaired) electrons. The lowest BCUT2D eigenvalue weighted by molar-refractivity contribution is -0.147. The molecule has 0 spiro atoms. The van der Waals surface area contributed by atoms with Gasteiger partial charge in [0.25, 0.3) is 0 Å². The normalized spacial score (nSPS) is 12.5. The molecule has 1 heterocycles. The number of halogens is 3. The summed E-state index contributed by atoms with van der Waals surface area (Å²) in [6.45, 7) is 0.960. The first-order valence-corrected chi connectivity index (χ1v) is 5.81. The standard InChI is InChI=1S/C12H14F3N3O/c1-2-18(7-12(13,14)15)6-11-17-9-5-8(16)3-4-10(9)19-11/h3-5H,2,6-7,16H2,1H3. The average molecular weight is 273 g/mol. The maximum Gasteiger partial charge on any atom is 0.401 e. The molecule has 0 unspecified atom stereocenters. The van der Waals surface area contributed by atoms with E-state index in [1.54, 1.807) is 25.1 Å². The van der Waals surface area contributed by atoms with Gasteiger partial charge in [-0.15, -0.1) is 0 Å². The van der Waals surface area contributed by atoms with Crippen molar-refractivity contribution in [1.82, 2.24) is 9.88 Å². The number of aromatic nitrogens is 1. The van der Waals surface area contributed by atoms with Crippen LogP contribution in [0.3, 0.4) is 0 Å². The van der Waals surface area contributed by atoms with Crippen LogP contribution < -0.4 is 5.73 Å². The van der Waals surface area contributed by atoms with E-state index in [0.29, 0.717) is 16.8 Å². The number of hydrogen-bond acceptors (Lipinski definition) is 4. The van der Waals surface area contributed by atoms with Crippen LogP contribution in [0.15, 0.2) is 22.6 Å². The number of nitrogens with two attached hydrogens (primary N) is 1. The zero-order valence-electron chi connectivity index (χ0n) is 10.4. The van der Waals surface area contributed by atoms with Crippen molar-refractivity contribution in [1.29, 1.82) is 0 Å². The van der Waals surface area contributed by atoms with E-state index in [9.17, 15) is 13.2 Å². The molecule has 19 heavy (non-hydrogen) atoms. The van der Waals surface area contributed by atoms with E-state index in [1.807, 2.05) is 0 Å². The number of alkyl halides is 3. The molecule has 2 rings (SSSR count). The Morgan fingerprint density at radius 2 is 2.11 bits per heavy atom. The minimum Gasteiger partial charge on any atom is -0.439 e. The van der Waals surface area contributed by atoms with Crippen molar-refractivity contribution in [3.63, 3.8) is 0 Å². The van der Waals surface area contributed by atoms with Crippen LogP contribution in [-0.2, 0) is 6.54 Å². The monoisotopic (exact) mass is 273 g/mol. The molecule has 4 nitrogen and oxygen atoms in total. The molecule has 0 fully saturated rings. The van der Waals surface area contributed by atoms with Crippen LogP contribution in [0.25, 0.3) is 11.1 Å². The largest absolute Gasteiger partial charge is 0.439 e. The highest BCUT2D eigenvalue weighted by Crippen LogP contribution is 2.21. The lowest BCUT2D eigenvalue weighted by Crippen LogP contribution is -2.33. The number of rotatable bonds is 4. The van der Waals surface area contributed by atoms with Crippen LogP contribution in [0.1, 0.15) is 12.8 Å². The Bertz CT molecular complexity index is 565. The third-order valence-corrected chi connectivity index (χ3v) is 2.66. The topological polar surface area (TPSA) is 55.3 Å². The first kappa shape index (κ1) is 13.7. The van der Waals surface area contributed by atoms with Crippen molar-refractivity contribution in [3.8, 4) is 0 Å². The van der Waals surface area contributed by atoms with Crippen LogP contribution in [0.4, 0.5) is 18.9 Å². The third kappa shape index (κ3) is 3.60. The van der Waals surface area contributed by atoms with Crippen molar-refractivity contribution in [2.24, 2.45) is 0 Å². The fourth-order valence-electron chi connectivity index (χ4n) is 1.78. The minimum atomic E-state index is -4.23. The first-order valence-electron chi connectivity index (χ1n) is 5.81. The molecule has 0 aliphatic rings. The van der Waals surface area contributed by atoms with Crippen molar-refractivity contribution in [2.45, 2.75) is 19.6 Å². The van der Waals surface area contributed by atoms with Crippen LogP contribution in [0, 0.1) is 0 Å². The highest BCUT2D eigenvalue weighted by atomic mass is 19.4. The zero-order valence-corrected chi connectivity index (χ0v) is 10.4. The highest BCUT2D eigenvalue weighted by Gasteiger charge is 2.30. The second-order valence-electron chi connectivity index (χ2n) is 4.25. The molecule has 104 valence electrons. The van der Waals surface area contributed by atoms with Crippen molar-refractivity contribution < 1.29 is 17.6 Å². The molecule has 0 saturated heterocycles. The number of oxazole rings is 1. The summed E-state index contributed by atoms with van der Waals surface area (Å²) >= 11 is 0. The third-order valence-electron chi connectivity index (χ3n) is 2.66. The van der Waals surface area contributed by atoms with E-state index in [2.05, 4.69) is 4.98 Å². The fourth-order valence-corrected chi connectivity index (χ4v) is 1.78. The Morgan fingerprint density at radius 3 is 2.74 bits per heavy atom. The number of fused-ring (bicyclic) bond motifs is 1. The van der Waals surface area contributed by atoms with Gasteiger partial charge in [-0.05, 0) is 24.7 Å². The molecule has 0 aliphatic heterocycles. The van der Waals surface area contributed by atoms with Gasteiger partial charge in [0.1, 0.15) is 5.52 Å². The summed E-state index contributed by atoms with van der Waals surface area (Å²) in [5, 5.41) is 0. The van der Waals surface area contributed by atoms with Crippen molar-refractivity contribution >= 4 is 16.8 Å². The van der Waals surface area contributed by atoms with Gasteiger partial charge in [-0.3, -0.25) is 4.90 Å². The second kappa shape index (κ2) is 5.08. The minimum absolute atomic E-state index is 0.0184. The average Bonchev–Trinajstić information content (AvgIpc) is 2.67. The lowest BCUT2D eigenvalue weighted by atomic mass is 10.3. The molecule has 0 amide bonds. The molecular weight excluding hydrogens is 259 g/mol. The Kier molecular flexibility index (Phi) is 3.66. The summed E-state index contributed by atoms with van der Waals surface area (Å²) < 4.78 is 42.4. The van der Waals surface area contributed by atoms with Gasteiger partial charge in [-0.2, -0.15) is 13.2 Å². The van der Waals surface area contributed by atoms with Crippen LogP contribution in [-0.4, -0.2) is 29.1 Å². The summed E-state index contributed by atoms with van der Waals surface area (Å²) in [7, 11) is 0. The Morgan fingerprint density at radius 1 is 1.37 bits per heavy atom. The van der Waals surface area contributed by atoms with Gasteiger partial charge in [0.15, 0.2) is 5.58 Å². The van der Waals surface area contributed by atoms with Gasteiger partial charge in [0.2, 0.25) is 5.89 Å². The van der Waals surface area contributed by atoms with Crippen LogP contribution in [0.5, 0.6) is 0 Å². The quantitative estimate of drug-likeness (QED) is 0.870. The Balaban J connectivity index is 2.15. The molecule has 0 aliphatic carbocycles. The van der Waals surface area contributed by atoms with Crippen molar-refractivity contribution in [2.75, 3.05) is 18.8 Å². The fraction of sp³-hybridized carbons (Fsp3) is 0.417. The first-order chi connectivity index (χ1) is 8.87. The maximum absolute atomic E-state index is 12.3. The second-order valence-corrected chi connectivity index (χ2v) is 4.25. The molecule has 0 bridgehead atoms. The van der Waals surface area contributed by atoms with Crippen LogP contribution in [0.2, 0.25) is 0 Å². The molecule has 7 heteroatoms. The van der Waals surface area contributed by atoms with E-state index >= 15 is 0 Å². The van der Waals surface area contributed by atoms with Gasteiger partial charge in [-0.25, -0.2) is 4.98 Å². The smallest absolute Gasteiger partial charge is 0.401 e. The summed E-state index contributed by atoms with van der Waals surface area (Å²) in [4.78, 5) is 5.35. The Labute approximate surface area is 108 Å². The Hall–Kier alpha value is -1.76. The SMILES string of the molecule is CCN(Cc1nc2cc(N)ccc2o1)CC(F)(F)F. The molecule has 0 saturated carbocycles. The highest BCUT2D eigenvalue weighted by molar-refractivity contribution is 5.76. The van der Waals surface area contributed by atoms with Crippen LogP contribution >= 0.6 is 0 Å². The molecule has 2 N–H and O–H groups in total. The summed E-state index contributed by atoms with van der Waals surface area (Å²) in [6.07, 6.45) is -4.23. The van der Waals surface area contributed by atoms with Gasteiger partial charge in [0, 0.05) is 5.69 Å². The number of nitrogen functional groups attached to an aromatic ring is 1. The van der Waals surface area contributed by atoms with E-state index in [0.717, 1.165) is 0 Å². The van der Waals surface area contributed by atoms with Crippen molar-refractivity contribution in [3.05, 3.63) is 24.1 Å². The number of nitrogens with zero attached hydrogens (tertiary/aromatic N) is 2. The van der Waals surface area contributed by atoms with E-state index in [4.69, 9.17) is 10.2 Å². The van der Waals surface area contributed by atoms with E-state index in [-0.39, 0.29) is 19.0 Å². The zero-order chi connectivity index (χ0) is 14.0.